The fourth-order valence-corrected chi connectivity index (χ4v) is 3.88. The molecule has 1 saturated heterocycles. The van der Waals surface area contributed by atoms with E-state index in [1.54, 1.807) is 6.07 Å². The Morgan fingerprint density at radius 1 is 1.28 bits per heavy atom. The molecule has 25 heavy (non-hydrogen) atoms. The van der Waals surface area contributed by atoms with Gasteiger partial charge in [-0.2, -0.15) is 0 Å². The van der Waals surface area contributed by atoms with E-state index in [0.717, 1.165) is 11.1 Å². The highest BCUT2D eigenvalue weighted by Crippen LogP contribution is 2.49. The van der Waals surface area contributed by atoms with Gasteiger partial charge < -0.3 is 19.9 Å². The molecular formula is C18H17NO6. The van der Waals surface area contributed by atoms with Crippen molar-refractivity contribution in [3.8, 4) is 0 Å². The summed E-state index contributed by atoms with van der Waals surface area (Å²) in [5, 5.41) is 0. The zero-order valence-electron chi connectivity index (χ0n) is 13.8. The molecule has 1 aromatic rings. The van der Waals surface area contributed by atoms with Gasteiger partial charge in [-0.3, -0.25) is 9.59 Å². The van der Waals surface area contributed by atoms with Gasteiger partial charge in [0.15, 0.2) is 17.4 Å². The second-order valence-electron chi connectivity index (χ2n) is 6.82. The Labute approximate surface area is 143 Å². The Morgan fingerprint density at radius 3 is 2.72 bits per heavy atom. The van der Waals surface area contributed by atoms with E-state index >= 15 is 0 Å². The molecule has 2 unspecified atom stereocenters. The summed E-state index contributed by atoms with van der Waals surface area (Å²) >= 11 is 0. The summed E-state index contributed by atoms with van der Waals surface area (Å²) in [6.07, 6.45) is 1.45. The first kappa shape index (κ1) is 16.0. The van der Waals surface area contributed by atoms with Gasteiger partial charge in [-0.1, -0.05) is 0 Å². The summed E-state index contributed by atoms with van der Waals surface area (Å²) in [4.78, 5) is 35.6. The lowest BCUT2D eigenvalue weighted by Crippen LogP contribution is -2.24. The van der Waals surface area contributed by atoms with Crippen molar-refractivity contribution in [3.05, 3.63) is 46.0 Å². The molecule has 0 bridgehead atoms. The lowest BCUT2D eigenvalue weighted by molar-refractivity contribution is -0.148. The number of carbonyl (C=O) groups is 3. The average molecular weight is 343 g/mol. The van der Waals surface area contributed by atoms with Crippen LogP contribution >= 0.6 is 0 Å². The molecule has 1 fully saturated rings. The molecule has 7 nitrogen and oxygen atoms in total. The van der Waals surface area contributed by atoms with E-state index in [1.807, 2.05) is 13.8 Å². The van der Waals surface area contributed by atoms with Crippen LogP contribution in [-0.2, 0) is 27.2 Å². The number of hydrogen-bond donors (Lipinski definition) is 1. The monoisotopic (exact) mass is 343 g/mol. The van der Waals surface area contributed by atoms with Gasteiger partial charge in [-0.25, -0.2) is 4.79 Å². The largest absolute Gasteiger partial charge is 0.445 e. The first-order chi connectivity index (χ1) is 11.8. The van der Waals surface area contributed by atoms with E-state index in [9.17, 15) is 14.4 Å². The first-order valence-electron chi connectivity index (χ1n) is 8.00. The molecule has 7 heteroatoms. The molecule has 1 aliphatic heterocycles. The number of allylic oxidation sites excluding steroid dienone is 2. The molecule has 0 spiro atoms. The number of hydrogen-bond acceptors (Lipinski definition) is 6. The quantitative estimate of drug-likeness (QED) is 0.880. The normalized spacial score (nSPS) is 25.5. The van der Waals surface area contributed by atoms with Crippen LogP contribution in [0.25, 0.3) is 0 Å². The van der Waals surface area contributed by atoms with Crippen LogP contribution in [0.2, 0.25) is 0 Å². The fraction of sp³-hybridized carbons (Fsp3) is 0.389. The maximum absolute atomic E-state index is 12.4. The van der Waals surface area contributed by atoms with Crippen LogP contribution in [-0.4, -0.2) is 29.6 Å². The van der Waals surface area contributed by atoms with Crippen molar-refractivity contribution in [2.24, 2.45) is 5.73 Å². The van der Waals surface area contributed by atoms with Crippen molar-refractivity contribution >= 4 is 17.7 Å². The zero-order valence-corrected chi connectivity index (χ0v) is 13.8. The lowest BCUT2D eigenvalue weighted by Gasteiger charge is -2.22. The third-order valence-corrected chi connectivity index (χ3v) is 4.70. The molecule has 1 aromatic carbocycles. The zero-order chi connectivity index (χ0) is 17.9. The summed E-state index contributed by atoms with van der Waals surface area (Å²) in [6, 6.07) is 1.60. The number of primary amides is 1. The van der Waals surface area contributed by atoms with Crippen molar-refractivity contribution < 1.29 is 28.6 Å². The molecule has 3 aliphatic rings. The molecule has 1 heterocycles. The van der Waals surface area contributed by atoms with E-state index < -0.39 is 11.9 Å². The van der Waals surface area contributed by atoms with Gasteiger partial charge in [-0.05, 0) is 48.8 Å². The number of nitrogens with two attached hydrogens (primary N) is 1. The predicted molar refractivity (Wildman–Crippen MR) is 85.1 cm³/mol. The SMILES string of the molecule is CC1(C)OC2Cc3c4c(cc(COC(N)=O)c3C2O1)C(=O)C=CC4=O. The maximum Gasteiger partial charge on any atom is 0.404 e. The minimum Gasteiger partial charge on any atom is -0.445 e. The van der Waals surface area contributed by atoms with E-state index in [1.165, 1.54) is 12.2 Å². The van der Waals surface area contributed by atoms with Crippen LogP contribution in [0.4, 0.5) is 4.79 Å². The van der Waals surface area contributed by atoms with Crippen LogP contribution in [0.5, 0.6) is 0 Å². The minimum absolute atomic E-state index is 0.0941. The summed E-state index contributed by atoms with van der Waals surface area (Å²) < 4.78 is 16.8. The van der Waals surface area contributed by atoms with Gasteiger partial charge in [0.2, 0.25) is 0 Å². The number of ether oxygens (including phenoxy) is 3. The van der Waals surface area contributed by atoms with Gasteiger partial charge in [0.25, 0.3) is 0 Å². The maximum atomic E-state index is 12.4. The summed E-state index contributed by atoms with van der Waals surface area (Å²) in [6.45, 7) is 3.55. The summed E-state index contributed by atoms with van der Waals surface area (Å²) in [7, 11) is 0. The van der Waals surface area contributed by atoms with Crippen molar-refractivity contribution in [3.63, 3.8) is 0 Å². The van der Waals surface area contributed by atoms with Crippen LogP contribution < -0.4 is 5.73 Å². The van der Waals surface area contributed by atoms with Crippen molar-refractivity contribution in [1.29, 1.82) is 0 Å². The van der Waals surface area contributed by atoms with Gasteiger partial charge in [0, 0.05) is 17.5 Å². The second kappa shape index (κ2) is 5.24. The predicted octanol–water partition coefficient (Wildman–Crippen LogP) is 1.97. The second-order valence-corrected chi connectivity index (χ2v) is 6.82. The van der Waals surface area contributed by atoms with Gasteiger partial charge in [-0.15, -0.1) is 0 Å². The molecule has 2 atom stereocenters. The highest BCUT2D eigenvalue weighted by Gasteiger charge is 2.49. The Morgan fingerprint density at radius 2 is 2.00 bits per heavy atom. The Kier molecular flexibility index (Phi) is 3.35. The van der Waals surface area contributed by atoms with Crippen LogP contribution in [0.1, 0.15) is 57.4 Å². The summed E-state index contributed by atoms with van der Waals surface area (Å²) in [5.74, 6) is -1.21. The average Bonchev–Trinajstić information content (AvgIpc) is 3.00. The van der Waals surface area contributed by atoms with E-state index in [2.05, 4.69) is 0 Å². The molecule has 2 aliphatic carbocycles. The smallest absolute Gasteiger partial charge is 0.404 e. The number of rotatable bonds is 2. The topological polar surface area (TPSA) is 105 Å². The van der Waals surface area contributed by atoms with E-state index in [-0.39, 0.29) is 30.4 Å². The number of benzene rings is 1. The van der Waals surface area contributed by atoms with Gasteiger partial charge in [0.05, 0.1) is 6.10 Å². The number of amides is 1. The van der Waals surface area contributed by atoms with Gasteiger partial charge >= 0.3 is 6.09 Å². The third kappa shape index (κ3) is 2.47. The third-order valence-electron chi connectivity index (χ3n) is 4.70. The van der Waals surface area contributed by atoms with E-state index in [0.29, 0.717) is 23.1 Å². The number of fused-ring (bicyclic) bond motifs is 5. The van der Waals surface area contributed by atoms with Gasteiger partial charge in [0.1, 0.15) is 12.7 Å². The Hall–Kier alpha value is -2.51. The van der Waals surface area contributed by atoms with E-state index in [4.69, 9.17) is 19.9 Å². The highest BCUT2D eigenvalue weighted by atomic mass is 16.8. The molecule has 0 radical (unpaired) electrons. The molecule has 1 amide bonds. The Balaban J connectivity index is 1.88. The fourth-order valence-electron chi connectivity index (χ4n) is 3.88. The van der Waals surface area contributed by atoms with Crippen LogP contribution in [0.3, 0.4) is 0 Å². The van der Waals surface area contributed by atoms with Crippen LogP contribution in [0, 0.1) is 0 Å². The van der Waals surface area contributed by atoms with Crippen molar-refractivity contribution in [2.75, 3.05) is 0 Å². The Bertz CT molecular complexity index is 854. The molecule has 2 N–H and O–H groups in total. The molecule has 0 saturated carbocycles. The first-order valence-corrected chi connectivity index (χ1v) is 8.00. The molecule has 0 aromatic heterocycles. The molecule has 4 rings (SSSR count). The van der Waals surface area contributed by atoms with Crippen LogP contribution in [0.15, 0.2) is 18.2 Å². The minimum atomic E-state index is -0.910. The lowest BCUT2D eigenvalue weighted by atomic mass is 9.86. The standard InChI is InChI=1S/C18H17NO6/c1-18(2)24-13-6-10-14(16(13)25-18)8(7-23-17(19)22)5-9-11(20)3-4-12(21)15(9)10/h3-5,13,16H,6-7H2,1-2H3,(H2,19,22). The van der Waals surface area contributed by atoms with Crippen molar-refractivity contribution in [1.82, 2.24) is 0 Å². The van der Waals surface area contributed by atoms with Crippen molar-refractivity contribution in [2.45, 2.75) is 44.9 Å². The number of carbonyl (C=O) groups excluding carboxylic acids is 3. The molecule has 130 valence electrons. The number of ketones is 2. The summed E-state index contributed by atoms with van der Waals surface area (Å²) in [5.41, 5.74) is 7.88. The molecular weight excluding hydrogens is 326 g/mol. The highest BCUT2D eigenvalue weighted by molar-refractivity contribution is 6.23.